The summed E-state index contributed by atoms with van der Waals surface area (Å²) in [7, 11) is 0. The van der Waals surface area contributed by atoms with Crippen LogP contribution in [0.3, 0.4) is 0 Å². The average molecular weight is 345 g/mol. The lowest BCUT2D eigenvalue weighted by atomic mass is 10.3. The number of alkyl halides is 3. The maximum Gasteiger partial charge on any atom is 0.573 e. The summed E-state index contributed by atoms with van der Waals surface area (Å²) in [5.74, 6) is -0.554. The molecule has 0 aliphatic carbocycles. The van der Waals surface area contributed by atoms with Crippen LogP contribution in [0.2, 0.25) is 0 Å². The lowest BCUT2D eigenvalue weighted by molar-refractivity contribution is -0.274. The normalized spacial score (nSPS) is 14.4. The number of rotatable bonds is 5. The predicted octanol–water partition coefficient (Wildman–Crippen LogP) is 2.72. The Morgan fingerprint density at radius 3 is 2.50 bits per heavy atom. The molecule has 0 saturated carbocycles. The van der Waals surface area contributed by atoms with Crippen molar-refractivity contribution in [2.75, 3.05) is 25.0 Å². The first-order valence-electron chi connectivity index (χ1n) is 7.52. The van der Waals surface area contributed by atoms with Gasteiger partial charge in [-0.15, -0.1) is 13.2 Å². The molecule has 1 heterocycles. The number of hydrogen-bond acceptors (Lipinski definition) is 3. The number of likely N-dealkylation sites (tertiary alicyclic amines) is 1. The van der Waals surface area contributed by atoms with Gasteiger partial charge in [0, 0.05) is 26.1 Å². The van der Waals surface area contributed by atoms with Crippen LogP contribution in [0.1, 0.15) is 19.3 Å². The maximum absolute atomic E-state index is 12.3. The van der Waals surface area contributed by atoms with Gasteiger partial charge in [-0.25, -0.2) is 4.79 Å². The lowest BCUT2D eigenvalue weighted by Crippen LogP contribution is -2.34. The molecule has 0 radical (unpaired) electrons. The number of ether oxygens (including phenoxy) is 1. The fraction of sp³-hybridized carbons (Fsp3) is 0.467. The second kappa shape index (κ2) is 7.89. The van der Waals surface area contributed by atoms with Crippen molar-refractivity contribution in [3.05, 3.63) is 24.3 Å². The third-order valence-electron chi connectivity index (χ3n) is 3.44. The van der Waals surface area contributed by atoms with Crippen molar-refractivity contribution in [2.45, 2.75) is 25.6 Å². The minimum absolute atomic E-state index is 0.0476. The second-order valence-electron chi connectivity index (χ2n) is 5.26. The number of hydrogen-bond donors (Lipinski definition) is 2. The van der Waals surface area contributed by atoms with Gasteiger partial charge in [0.15, 0.2) is 5.75 Å². The molecule has 6 nitrogen and oxygen atoms in total. The third-order valence-corrected chi connectivity index (χ3v) is 3.44. The van der Waals surface area contributed by atoms with Crippen molar-refractivity contribution in [2.24, 2.45) is 0 Å². The number of amides is 3. The molecule has 1 aliphatic rings. The van der Waals surface area contributed by atoms with E-state index in [4.69, 9.17) is 0 Å². The molecule has 1 aromatic carbocycles. The molecule has 0 unspecified atom stereocenters. The number of anilines is 1. The molecule has 3 amide bonds. The van der Waals surface area contributed by atoms with Crippen molar-refractivity contribution in [3.8, 4) is 5.75 Å². The molecule has 1 aliphatic heterocycles. The number of para-hydroxylation sites is 2. The molecule has 0 bridgehead atoms. The first-order valence-corrected chi connectivity index (χ1v) is 7.52. The highest BCUT2D eigenvalue weighted by Gasteiger charge is 2.32. The summed E-state index contributed by atoms with van der Waals surface area (Å²) in [5, 5.41) is 4.72. The molecule has 0 atom stereocenters. The molecule has 2 rings (SSSR count). The Balaban J connectivity index is 1.81. The Morgan fingerprint density at radius 1 is 1.17 bits per heavy atom. The van der Waals surface area contributed by atoms with E-state index in [1.807, 2.05) is 0 Å². The van der Waals surface area contributed by atoms with Crippen LogP contribution in [-0.4, -0.2) is 42.8 Å². The fourth-order valence-electron chi connectivity index (χ4n) is 2.36. The van der Waals surface area contributed by atoms with Gasteiger partial charge in [0.1, 0.15) is 0 Å². The standard InChI is InChI=1S/C15H18F3N3O3/c16-15(17,18)24-12-6-2-1-5-11(12)20-14(23)19-8-7-13(22)21-9-3-4-10-21/h1-2,5-6H,3-4,7-10H2,(H2,19,20,23). The van der Waals surface area contributed by atoms with Gasteiger partial charge >= 0.3 is 12.4 Å². The summed E-state index contributed by atoms with van der Waals surface area (Å²) >= 11 is 0. The summed E-state index contributed by atoms with van der Waals surface area (Å²) in [6.45, 7) is 1.56. The van der Waals surface area contributed by atoms with Crippen LogP contribution >= 0.6 is 0 Å². The van der Waals surface area contributed by atoms with Gasteiger partial charge in [0.2, 0.25) is 5.91 Å². The Hall–Kier alpha value is -2.45. The van der Waals surface area contributed by atoms with Crippen LogP contribution in [0.5, 0.6) is 5.75 Å². The number of halogens is 3. The van der Waals surface area contributed by atoms with Crippen molar-refractivity contribution in [3.63, 3.8) is 0 Å². The SMILES string of the molecule is O=C(NCCC(=O)N1CCCC1)Nc1ccccc1OC(F)(F)F. The smallest absolute Gasteiger partial charge is 0.404 e. The van der Waals surface area contributed by atoms with Crippen molar-refractivity contribution in [1.82, 2.24) is 10.2 Å². The molecule has 0 aromatic heterocycles. The van der Waals surface area contributed by atoms with Gasteiger partial charge in [0.05, 0.1) is 5.69 Å². The molecular weight excluding hydrogens is 327 g/mol. The molecular formula is C15H18F3N3O3. The molecule has 1 saturated heterocycles. The van der Waals surface area contributed by atoms with Crippen LogP contribution in [0.15, 0.2) is 24.3 Å². The van der Waals surface area contributed by atoms with Crippen LogP contribution in [-0.2, 0) is 4.79 Å². The fourth-order valence-corrected chi connectivity index (χ4v) is 2.36. The third kappa shape index (κ3) is 5.64. The van der Waals surface area contributed by atoms with E-state index < -0.39 is 18.1 Å². The molecule has 2 N–H and O–H groups in total. The van der Waals surface area contributed by atoms with Gasteiger partial charge in [-0.05, 0) is 25.0 Å². The van der Waals surface area contributed by atoms with Crippen molar-refractivity contribution >= 4 is 17.6 Å². The van der Waals surface area contributed by atoms with Crippen LogP contribution in [0.4, 0.5) is 23.7 Å². The summed E-state index contributed by atoms with van der Waals surface area (Å²) in [5.41, 5.74) is -0.113. The molecule has 24 heavy (non-hydrogen) atoms. The summed E-state index contributed by atoms with van der Waals surface area (Å²) in [6.07, 6.45) is -2.74. The average Bonchev–Trinajstić information content (AvgIpc) is 3.02. The number of carbonyl (C=O) groups is 2. The van der Waals surface area contributed by atoms with Gasteiger partial charge < -0.3 is 20.3 Å². The van der Waals surface area contributed by atoms with E-state index in [1.54, 1.807) is 4.90 Å². The van der Waals surface area contributed by atoms with E-state index in [0.717, 1.165) is 32.0 Å². The summed E-state index contributed by atoms with van der Waals surface area (Å²) in [4.78, 5) is 25.3. The predicted molar refractivity (Wildman–Crippen MR) is 80.6 cm³/mol. The van der Waals surface area contributed by atoms with Crippen molar-refractivity contribution < 1.29 is 27.5 Å². The zero-order chi connectivity index (χ0) is 17.6. The number of benzene rings is 1. The Labute approximate surface area is 137 Å². The number of carbonyl (C=O) groups excluding carboxylic acids is 2. The number of urea groups is 1. The van der Waals surface area contributed by atoms with Gasteiger partial charge in [-0.1, -0.05) is 12.1 Å². The Kier molecular flexibility index (Phi) is 5.88. The first kappa shape index (κ1) is 17.9. The minimum Gasteiger partial charge on any atom is -0.404 e. The zero-order valence-electron chi connectivity index (χ0n) is 12.9. The number of nitrogens with zero attached hydrogens (tertiary/aromatic N) is 1. The van der Waals surface area contributed by atoms with Crippen LogP contribution in [0, 0.1) is 0 Å². The summed E-state index contributed by atoms with van der Waals surface area (Å²) in [6, 6.07) is 4.51. The van der Waals surface area contributed by atoms with Gasteiger partial charge in [0.25, 0.3) is 0 Å². The molecule has 1 fully saturated rings. The topological polar surface area (TPSA) is 70.7 Å². The molecule has 9 heteroatoms. The van der Waals surface area contributed by atoms with E-state index in [0.29, 0.717) is 0 Å². The largest absolute Gasteiger partial charge is 0.573 e. The Morgan fingerprint density at radius 2 is 1.83 bits per heavy atom. The van der Waals surface area contributed by atoms with Gasteiger partial charge in [-0.2, -0.15) is 0 Å². The van der Waals surface area contributed by atoms with E-state index in [2.05, 4.69) is 15.4 Å². The monoisotopic (exact) mass is 345 g/mol. The van der Waals surface area contributed by atoms with E-state index in [9.17, 15) is 22.8 Å². The first-order chi connectivity index (χ1) is 11.3. The molecule has 1 aromatic rings. The van der Waals surface area contributed by atoms with Crippen LogP contribution in [0.25, 0.3) is 0 Å². The van der Waals surface area contributed by atoms with Crippen LogP contribution < -0.4 is 15.4 Å². The summed E-state index contributed by atoms with van der Waals surface area (Å²) < 4.78 is 40.8. The Bertz CT molecular complexity index is 587. The lowest BCUT2D eigenvalue weighted by Gasteiger charge is -2.16. The second-order valence-corrected chi connectivity index (χ2v) is 5.26. The van der Waals surface area contributed by atoms with E-state index in [-0.39, 0.29) is 24.6 Å². The highest BCUT2D eigenvalue weighted by atomic mass is 19.4. The molecule has 0 spiro atoms. The molecule has 132 valence electrons. The highest BCUT2D eigenvalue weighted by molar-refractivity contribution is 5.91. The highest BCUT2D eigenvalue weighted by Crippen LogP contribution is 2.29. The quantitative estimate of drug-likeness (QED) is 0.862. The van der Waals surface area contributed by atoms with E-state index >= 15 is 0 Å². The van der Waals surface area contributed by atoms with E-state index in [1.165, 1.54) is 18.2 Å². The zero-order valence-corrected chi connectivity index (χ0v) is 12.9. The minimum atomic E-state index is -4.85. The van der Waals surface area contributed by atoms with Gasteiger partial charge in [-0.3, -0.25) is 4.79 Å². The number of nitrogens with one attached hydrogen (secondary N) is 2. The van der Waals surface area contributed by atoms with Crippen molar-refractivity contribution in [1.29, 1.82) is 0 Å². The maximum atomic E-state index is 12.3.